The van der Waals surface area contributed by atoms with Crippen LogP contribution in [-0.4, -0.2) is 28.7 Å². The van der Waals surface area contributed by atoms with E-state index in [-0.39, 0.29) is 18.1 Å². The minimum atomic E-state index is -4.67. The average molecular weight is 428 g/mol. The van der Waals surface area contributed by atoms with Crippen molar-refractivity contribution >= 4 is 11.6 Å². The second-order valence-corrected chi connectivity index (χ2v) is 6.98. The Kier molecular flexibility index (Phi) is 5.37. The van der Waals surface area contributed by atoms with Crippen LogP contribution in [-0.2, 0) is 22.4 Å². The molecule has 4 rings (SSSR count). The number of methoxy groups -OCH3 is 1. The summed E-state index contributed by atoms with van der Waals surface area (Å²) in [4.78, 5) is 0. The Morgan fingerprint density at radius 3 is 2.72 bits per heavy atom. The van der Waals surface area contributed by atoms with E-state index in [9.17, 15) is 13.2 Å². The molecule has 6 nitrogen and oxygen atoms in total. The van der Waals surface area contributed by atoms with Gasteiger partial charge in [-0.1, -0.05) is 35.0 Å². The van der Waals surface area contributed by atoms with Crippen LogP contribution < -0.4 is 0 Å². The van der Waals surface area contributed by atoms with E-state index < -0.39 is 18.0 Å². The van der Waals surface area contributed by atoms with Gasteiger partial charge in [-0.05, 0) is 18.9 Å². The summed E-state index contributed by atoms with van der Waals surface area (Å²) in [7, 11) is 1.29. The van der Waals surface area contributed by atoms with Gasteiger partial charge >= 0.3 is 6.18 Å². The lowest BCUT2D eigenvalue weighted by Crippen LogP contribution is -2.16. The molecule has 1 fully saturated rings. The standard InChI is InChI=1S/C19H17ClF3N3O3/c1-27-10-26-18(19(21,22)23)12(9-24-26)17-15(14-7-4-8-28-14)16(25-29-17)11-5-2-3-6-13(11)20/h2-3,5-6,9,14H,4,7-8,10H2,1H3. The molecular weight excluding hydrogens is 411 g/mol. The zero-order valence-electron chi connectivity index (χ0n) is 15.4. The topological polar surface area (TPSA) is 62.3 Å². The highest BCUT2D eigenvalue weighted by Crippen LogP contribution is 2.46. The Bertz CT molecular complexity index is 1010. The fourth-order valence-corrected chi connectivity index (χ4v) is 3.74. The summed E-state index contributed by atoms with van der Waals surface area (Å²) in [5, 5.41) is 8.32. The van der Waals surface area contributed by atoms with E-state index in [2.05, 4.69) is 10.3 Å². The van der Waals surface area contributed by atoms with Gasteiger partial charge in [0.15, 0.2) is 11.5 Å². The molecule has 0 amide bonds. The number of nitrogens with zero attached hydrogens (tertiary/aromatic N) is 3. The Morgan fingerprint density at radius 2 is 2.07 bits per heavy atom. The van der Waals surface area contributed by atoms with Crippen LogP contribution in [0.25, 0.3) is 22.6 Å². The van der Waals surface area contributed by atoms with Crippen molar-refractivity contribution in [2.24, 2.45) is 0 Å². The van der Waals surface area contributed by atoms with Crippen LogP contribution in [0.1, 0.15) is 30.2 Å². The summed E-state index contributed by atoms with van der Waals surface area (Å²) in [6.45, 7) is 0.155. The molecule has 1 aliphatic heterocycles. The molecule has 0 bridgehead atoms. The third-order valence-electron chi connectivity index (χ3n) is 4.71. The normalized spacial score (nSPS) is 17.2. The van der Waals surface area contributed by atoms with Gasteiger partial charge in [0.05, 0.1) is 28.5 Å². The smallest absolute Gasteiger partial charge is 0.373 e. The monoisotopic (exact) mass is 427 g/mol. The van der Waals surface area contributed by atoms with Gasteiger partial charge in [-0.25, -0.2) is 4.68 Å². The molecule has 0 spiro atoms. The van der Waals surface area contributed by atoms with E-state index in [1.54, 1.807) is 24.3 Å². The minimum Gasteiger partial charge on any atom is -0.373 e. The Hall–Kier alpha value is -2.36. The van der Waals surface area contributed by atoms with Crippen LogP contribution in [0.2, 0.25) is 5.02 Å². The fourth-order valence-electron chi connectivity index (χ4n) is 3.51. The summed E-state index contributed by atoms with van der Waals surface area (Å²) in [5.74, 6) is -0.0264. The summed E-state index contributed by atoms with van der Waals surface area (Å²) in [6.07, 6.45) is -2.59. The number of hydrogen-bond donors (Lipinski definition) is 0. The number of halogens is 4. The lowest BCUT2D eigenvalue weighted by molar-refractivity contribution is -0.146. The van der Waals surface area contributed by atoms with Crippen LogP contribution in [0.5, 0.6) is 0 Å². The highest BCUT2D eigenvalue weighted by molar-refractivity contribution is 6.33. The van der Waals surface area contributed by atoms with Crippen LogP contribution in [0.15, 0.2) is 35.0 Å². The quantitative estimate of drug-likeness (QED) is 0.550. The first kappa shape index (κ1) is 19.9. The maximum Gasteiger partial charge on any atom is 0.433 e. The average Bonchev–Trinajstić information content (AvgIpc) is 3.40. The van der Waals surface area contributed by atoms with Crippen molar-refractivity contribution in [3.63, 3.8) is 0 Å². The van der Waals surface area contributed by atoms with Crippen LogP contribution in [0.4, 0.5) is 13.2 Å². The molecule has 1 aliphatic rings. The zero-order valence-corrected chi connectivity index (χ0v) is 16.1. The van der Waals surface area contributed by atoms with Gasteiger partial charge in [-0.15, -0.1) is 0 Å². The summed E-state index contributed by atoms with van der Waals surface area (Å²) >= 11 is 6.31. The number of benzene rings is 1. The third kappa shape index (κ3) is 3.65. The van der Waals surface area contributed by atoms with Gasteiger partial charge < -0.3 is 14.0 Å². The van der Waals surface area contributed by atoms with Gasteiger partial charge in [-0.3, -0.25) is 0 Å². The van der Waals surface area contributed by atoms with E-state index in [0.29, 0.717) is 34.9 Å². The van der Waals surface area contributed by atoms with Crippen molar-refractivity contribution in [2.75, 3.05) is 13.7 Å². The SMILES string of the molecule is COCn1ncc(-c2onc(-c3ccccc3Cl)c2C2CCCO2)c1C(F)(F)F. The molecule has 0 radical (unpaired) electrons. The van der Waals surface area contributed by atoms with E-state index in [0.717, 1.165) is 17.3 Å². The molecule has 1 aromatic carbocycles. The van der Waals surface area contributed by atoms with Crippen molar-refractivity contribution in [2.45, 2.75) is 31.9 Å². The Balaban J connectivity index is 1.93. The van der Waals surface area contributed by atoms with E-state index in [1.807, 2.05) is 0 Å². The molecule has 0 N–H and O–H groups in total. The summed E-state index contributed by atoms with van der Waals surface area (Å²) < 4.78 is 58.3. The predicted octanol–water partition coefficient (Wildman–Crippen LogP) is 5.33. The van der Waals surface area contributed by atoms with Crippen molar-refractivity contribution < 1.29 is 27.2 Å². The van der Waals surface area contributed by atoms with Crippen molar-refractivity contribution in [3.05, 3.63) is 46.7 Å². The van der Waals surface area contributed by atoms with Crippen LogP contribution in [0, 0.1) is 0 Å². The van der Waals surface area contributed by atoms with Crippen LogP contribution >= 0.6 is 11.6 Å². The highest BCUT2D eigenvalue weighted by Gasteiger charge is 2.41. The summed E-state index contributed by atoms with van der Waals surface area (Å²) in [5.41, 5.74) is 0.182. The molecule has 154 valence electrons. The largest absolute Gasteiger partial charge is 0.433 e. The van der Waals surface area contributed by atoms with E-state index in [4.69, 9.17) is 25.6 Å². The molecule has 2 aromatic heterocycles. The molecule has 29 heavy (non-hydrogen) atoms. The first-order valence-corrected chi connectivity index (χ1v) is 9.28. The van der Waals surface area contributed by atoms with E-state index >= 15 is 0 Å². The third-order valence-corrected chi connectivity index (χ3v) is 5.04. The predicted molar refractivity (Wildman–Crippen MR) is 98.1 cm³/mol. The molecular formula is C19H17ClF3N3O3. The van der Waals surface area contributed by atoms with Gasteiger partial charge in [-0.2, -0.15) is 18.3 Å². The van der Waals surface area contributed by atoms with Crippen molar-refractivity contribution in [1.29, 1.82) is 0 Å². The molecule has 10 heteroatoms. The first-order chi connectivity index (χ1) is 13.9. The number of ether oxygens (including phenoxy) is 2. The van der Waals surface area contributed by atoms with Crippen LogP contribution in [0.3, 0.4) is 0 Å². The second-order valence-electron chi connectivity index (χ2n) is 6.58. The highest BCUT2D eigenvalue weighted by atomic mass is 35.5. The summed E-state index contributed by atoms with van der Waals surface area (Å²) in [6, 6.07) is 6.95. The molecule has 1 atom stereocenters. The first-order valence-electron chi connectivity index (χ1n) is 8.90. The van der Waals surface area contributed by atoms with Gasteiger partial charge in [0, 0.05) is 19.3 Å². The molecule has 1 unspecified atom stereocenters. The molecule has 3 aromatic rings. The van der Waals surface area contributed by atoms with Gasteiger partial charge in [0.2, 0.25) is 0 Å². The number of alkyl halides is 3. The van der Waals surface area contributed by atoms with E-state index in [1.165, 1.54) is 7.11 Å². The minimum absolute atomic E-state index is 0.0264. The number of hydrogen-bond acceptors (Lipinski definition) is 5. The Morgan fingerprint density at radius 1 is 1.28 bits per heavy atom. The number of aromatic nitrogens is 3. The van der Waals surface area contributed by atoms with Gasteiger partial charge in [0.1, 0.15) is 12.4 Å². The zero-order chi connectivity index (χ0) is 20.6. The maximum absolute atomic E-state index is 13.8. The lowest BCUT2D eigenvalue weighted by atomic mass is 9.97. The maximum atomic E-state index is 13.8. The molecule has 3 heterocycles. The molecule has 0 aliphatic carbocycles. The van der Waals surface area contributed by atoms with Crippen molar-refractivity contribution in [3.8, 4) is 22.6 Å². The number of rotatable bonds is 5. The molecule has 0 saturated carbocycles. The Labute approximate surface area is 169 Å². The van der Waals surface area contributed by atoms with Gasteiger partial charge in [0.25, 0.3) is 0 Å². The van der Waals surface area contributed by atoms with Crippen molar-refractivity contribution in [1.82, 2.24) is 14.9 Å². The fraction of sp³-hybridized carbons (Fsp3) is 0.368. The molecule has 1 saturated heterocycles. The second kappa shape index (κ2) is 7.81. The lowest BCUT2D eigenvalue weighted by Gasteiger charge is -2.14.